The molecule has 0 aliphatic heterocycles. The number of nitrogens with two attached hydrogens (primary N) is 1. The van der Waals surface area contributed by atoms with E-state index in [0.717, 1.165) is 29.7 Å². The highest BCUT2D eigenvalue weighted by atomic mass is 15.4. The molecule has 0 bridgehead atoms. The summed E-state index contributed by atoms with van der Waals surface area (Å²) in [7, 11) is 1.69. The first kappa shape index (κ1) is 27.7. The SMILES string of the molecule is C/C=C(C)\C(=C/C)CCCCC.CNc1nc(N)n(C(=N)/C=C2/CCCc3ncccc3C2=N)n1. The second-order valence-electron chi connectivity index (χ2n) is 8.48. The zero-order valence-electron chi connectivity index (χ0n) is 21.8. The molecule has 1 aliphatic carbocycles. The van der Waals surface area contributed by atoms with Crippen LogP contribution in [0.25, 0.3) is 0 Å². The first-order chi connectivity index (χ1) is 16.9. The van der Waals surface area contributed by atoms with Crippen molar-refractivity contribution in [1.82, 2.24) is 19.7 Å². The third kappa shape index (κ3) is 7.73. The van der Waals surface area contributed by atoms with Crippen molar-refractivity contribution in [1.29, 1.82) is 10.8 Å². The molecule has 1 aliphatic rings. The number of nitrogens with one attached hydrogen (secondary N) is 3. The Kier molecular flexibility index (Phi) is 11.1. The first-order valence-electron chi connectivity index (χ1n) is 12.4. The van der Waals surface area contributed by atoms with Gasteiger partial charge in [-0.15, -0.1) is 5.10 Å². The molecule has 2 heterocycles. The molecular formula is C27H40N8. The molecule has 0 unspecified atom stereocenters. The van der Waals surface area contributed by atoms with Gasteiger partial charge in [0.05, 0.1) is 5.71 Å². The van der Waals surface area contributed by atoms with Crippen molar-refractivity contribution < 1.29 is 0 Å². The van der Waals surface area contributed by atoms with Gasteiger partial charge in [-0.25, -0.2) is 0 Å². The number of nitrogen functional groups attached to an aromatic ring is 1. The summed E-state index contributed by atoms with van der Waals surface area (Å²) < 4.78 is 1.25. The zero-order valence-corrected chi connectivity index (χ0v) is 21.8. The minimum atomic E-state index is 0.0867. The highest BCUT2D eigenvalue weighted by Crippen LogP contribution is 2.23. The summed E-state index contributed by atoms with van der Waals surface area (Å²) in [6, 6.07) is 3.73. The van der Waals surface area contributed by atoms with Gasteiger partial charge in [-0.1, -0.05) is 37.5 Å². The van der Waals surface area contributed by atoms with Gasteiger partial charge in [0.1, 0.15) is 5.84 Å². The van der Waals surface area contributed by atoms with Gasteiger partial charge in [0.2, 0.25) is 11.9 Å². The average molecular weight is 477 g/mol. The maximum Gasteiger partial charge on any atom is 0.244 e. The van der Waals surface area contributed by atoms with E-state index in [-0.39, 0.29) is 11.8 Å². The number of aromatic nitrogens is 4. The van der Waals surface area contributed by atoms with Crippen LogP contribution in [-0.4, -0.2) is 38.3 Å². The number of pyridine rings is 1. The van der Waals surface area contributed by atoms with Crippen molar-refractivity contribution in [2.24, 2.45) is 0 Å². The molecule has 0 aromatic carbocycles. The van der Waals surface area contributed by atoms with Gasteiger partial charge in [0.25, 0.3) is 0 Å². The standard InChI is InChI=1S/C15H18N8.C12H22/c1-19-15-21-14(18)23(22-15)12(16)8-9-4-2-6-11-10(13(9)17)5-3-7-20-11;1-5-8-9-10-12(7-3)11(4)6-2/h3,5,7-8,16-17H,2,4,6H2,1H3,(H3,18,19,21,22);6-7H,5,8-10H2,1-4H3/b9-8-,16-12?,17-13?;11-6-,12-7-. The lowest BCUT2D eigenvalue weighted by atomic mass is 10.0. The number of allylic oxidation sites excluding steroid dienone is 6. The maximum atomic E-state index is 8.42. The van der Waals surface area contributed by atoms with Crippen molar-refractivity contribution in [3.8, 4) is 0 Å². The first-order valence-corrected chi connectivity index (χ1v) is 12.4. The Bertz CT molecular complexity index is 1100. The molecule has 5 N–H and O–H groups in total. The summed E-state index contributed by atoms with van der Waals surface area (Å²) in [6.45, 7) is 8.69. The lowest BCUT2D eigenvalue weighted by molar-refractivity contribution is 0.715. The molecule has 0 atom stereocenters. The van der Waals surface area contributed by atoms with E-state index >= 15 is 0 Å². The van der Waals surface area contributed by atoms with E-state index in [1.807, 2.05) is 12.1 Å². The normalized spacial score (nSPS) is 15.2. The summed E-state index contributed by atoms with van der Waals surface area (Å²) >= 11 is 0. The number of fused-ring (bicyclic) bond motifs is 1. The van der Waals surface area contributed by atoms with Gasteiger partial charge in [0, 0.05) is 24.5 Å². The van der Waals surface area contributed by atoms with E-state index in [9.17, 15) is 0 Å². The molecule has 2 aromatic heterocycles. The summed E-state index contributed by atoms with van der Waals surface area (Å²) in [4.78, 5) is 8.35. The third-order valence-corrected chi connectivity index (χ3v) is 6.07. The third-order valence-electron chi connectivity index (χ3n) is 6.07. The fourth-order valence-electron chi connectivity index (χ4n) is 3.91. The molecule has 0 saturated heterocycles. The monoisotopic (exact) mass is 476 g/mol. The minimum Gasteiger partial charge on any atom is -0.368 e. The van der Waals surface area contributed by atoms with Crippen LogP contribution in [0.4, 0.5) is 11.9 Å². The predicted molar refractivity (Wildman–Crippen MR) is 147 cm³/mol. The van der Waals surface area contributed by atoms with Gasteiger partial charge in [-0.05, 0) is 82.2 Å². The number of nitrogens with zero attached hydrogens (tertiary/aromatic N) is 4. The van der Waals surface area contributed by atoms with E-state index in [0.29, 0.717) is 18.1 Å². The molecule has 0 fully saturated rings. The Morgan fingerprint density at radius 3 is 2.63 bits per heavy atom. The van der Waals surface area contributed by atoms with Gasteiger partial charge < -0.3 is 11.1 Å². The van der Waals surface area contributed by atoms with Gasteiger partial charge in [-0.2, -0.15) is 9.67 Å². The quantitative estimate of drug-likeness (QED) is 0.129. The smallest absolute Gasteiger partial charge is 0.244 e. The number of unbranched alkanes of at least 4 members (excludes halogenated alkanes) is 2. The zero-order chi connectivity index (χ0) is 25.8. The van der Waals surface area contributed by atoms with Crippen LogP contribution in [0.3, 0.4) is 0 Å². The van der Waals surface area contributed by atoms with Gasteiger partial charge in [-0.3, -0.25) is 15.8 Å². The Balaban J connectivity index is 0.000000307. The number of hydrogen-bond acceptors (Lipinski definition) is 7. The van der Waals surface area contributed by atoms with Crippen molar-refractivity contribution in [2.75, 3.05) is 18.1 Å². The Hall–Kier alpha value is -3.55. The molecule has 8 nitrogen and oxygen atoms in total. The van der Waals surface area contributed by atoms with Crippen LogP contribution in [0.1, 0.15) is 77.5 Å². The lowest BCUT2D eigenvalue weighted by Crippen LogP contribution is -2.15. The summed E-state index contributed by atoms with van der Waals surface area (Å²) in [6.07, 6.45) is 15.5. The van der Waals surface area contributed by atoms with E-state index < -0.39 is 0 Å². The molecule has 35 heavy (non-hydrogen) atoms. The van der Waals surface area contributed by atoms with Crippen LogP contribution in [0.15, 0.2) is 53.3 Å². The molecule has 8 heteroatoms. The Morgan fingerprint density at radius 1 is 1.23 bits per heavy atom. The molecule has 0 amide bonds. The molecule has 0 saturated carbocycles. The average Bonchev–Trinajstić information content (AvgIpc) is 3.19. The number of rotatable bonds is 7. The van der Waals surface area contributed by atoms with Crippen molar-refractivity contribution in [3.05, 3.63) is 64.5 Å². The second-order valence-corrected chi connectivity index (χ2v) is 8.48. The van der Waals surface area contributed by atoms with Crippen molar-refractivity contribution >= 4 is 23.4 Å². The number of aryl methyl sites for hydroxylation is 1. The molecular weight excluding hydrogens is 436 g/mol. The minimum absolute atomic E-state index is 0.0867. The topological polar surface area (TPSA) is 129 Å². The van der Waals surface area contributed by atoms with Crippen molar-refractivity contribution in [3.63, 3.8) is 0 Å². The number of anilines is 2. The number of hydrogen-bond donors (Lipinski definition) is 4. The van der Waals surface area contributed by atoms with Crippen LogP contribution in [-0.2, 0) is 6.42 Å². The highest BCUT2D eigenvalue weighted by Gasteiger charge is 2.19. The summed E-state index contributed by atoms with van der Waals surface area (Å²) in [5, 5.41) is 23.5. The van der Waals surface area contributed by atoms with Gasteiger partial charge in [0.15, 0.2) is 0 Å². The van der Waals surface area contributed by atoms with Gasteiger partial charge >= 0.3 is 0 Å². The van der Waals surface area contributed by atoms with Crippen LogP contribution in [0.5, 0.6) is 0 Å². The fourth-order valence-corrected chi connectivity index (χ4v) is 3.91. The van der Waals surface area contributed by atoms with Crippen LogP contribution < -0.4 is 11.1 Å². The predicted octanol–water partition coefficient (Wildman–Crippen LogP) is 5.93. The van der Waals surface area contributed by atoms with Crippen molar-refractivity contribution in [2.45, 2.75) is 72.6 Å². The van der Waals surface area contributed by atoms with Crippen LogP contribution in [0.2, 0.25) is 0 Å². The fraction of sp³-hybridized carbons (Fsp3) is 0.444. The van der Waals surface area contributed by atoms with E-state index in [4.69, 9.17) is 16.6 Å². The highest BCUT2D eigenvalue weighted by molar-refractivity contribution is 6.14. The van der Waals surface area contributed by atoms with Crippen LogP contribution in [0, 0.1) is 10.8 Å². The van der Waals surface area contributed by atoms with E-state index in [1.165, 1.54) is 41.5 Å². The molecule has 2 aromatic rings. The lowest BCUT2D eigenvalue weighted by Gasteiger charge is -2.08. The summed E-state index contributed by atoms with van der Waals surface area (Å²) in [5.74, 6) is 0.582. The Morgan fingerprint density at radius 2 is 2.00 bits per heavy atom. The molecule has 3 rings (SSSR count). The van der Waals surface area contributed by atoms with E-state index in [2.05, 4.69) is 60.2 Å². The molecule has 188 valence electrons. The molecule has 0 spiro atoms. The second kappa shape index (κ2) is 14.0. The largest absolute Gasteiger partial charge is 0.368 e. The summed E-state index contributed by atoms with van der Waals surface area (Å²) in [5.41, 5.74) is 11.7. The molecule has 0 radical (unpaired) electrons. The maximum absolute atomic E-state index is 8.42. The van der Waals surface area contributed by atoms with Crippen LogP contribution >= 0.6 is 0 Å². The van der Waals surface area contributed by atoms with E-state index in [1.54, 1.807) is 19.3 Å². The Labute approximate surface area is 209 Å².